The third kappa shape index (κ3) is 1.88. The number of phenolic OH excluding ortho intramolecular Hbond substituents is 1. The van der Waals surface area contributed by atoms with E-state index < -0.39 is 17.1 Å². The van der Waals surface area contributed by atoms with E-state index in [2.05, 4.69) is 11.5 Å². The van der Waals surface area contributed by atoms with E-state index in [1.807, 2.05) is 26.0 Å². The predicted octanol–water partition coefficient (Wildman–Crippen LogP) is 1.94. The molecular weight excluding hydrogens is 318 g/mol. The average Bonchev–Trinajstić information content (AvgIpc) is 2.92. The SMILES string of the molecule is C=CCN1CCC23c4c(ccc(O)c4OC2C(=O)CC)CC1C3(C)O. The van der Waals surface area contributed by atoms with Crippen LogP contribution in [-0.2, 0) is 16.6 Å². The number of piperidine rings is 1. The average molecular weight is 343 g/mol. The molecule has 0 saturated carbocycles. The maximum Gasteiger partial charge on any atom is 0.174 e. The molecule has 0 amide bonds. The van der Waals surface area contributed by atoms with Crippen LogP contribution in [0.1, 0.15) is 37.8 Å². The third-order valence-electron chi connectivity index (χ3n) is 6.56. The van der Waals surface area contributed by atoms with Gasteiger partial charge in [-0.3, -0.25) is 9.69 Å². The van der Waals surface area contributed by atoms with E-state index >= 15 is 0 Å². The molecule has 4 rings (SSSR count). The second kappa shape index (κ2) is 5.32. The van der Waals surface area contributed by atoms with Gasteiger partial charge in [-0.15, -0.1) is 6.58 Å². The van der Waals surface area contributed by atoms with Crippen molar-refractivity contribution in [3.63, 3.8) is 0 Å². The molecule has 134 valence electrons. The van der Waals surface area contributed by atoms with Crippen molar-refractivity contribution in [1.82, 2.24) is 4.90 Å². The lowest BCUT2D eigenvalue weighted by atomic mass is 9.53. The Balaban J connectivity index is 1.97. The number of aromatic hydroxyl groups is 1. The molecule has 2 bridgehead atoms. The molecule has 2 aliphatic heterocycles. The number of benzene rings is 1. The molecule has 0 radical (unpaired) electrons. The molecule has 4 unspecified atom stereocenters. The molecule has 4 atom stereocenters. The molecule has 5 nitrogen and oxygen atoms in total. The lowest BCUT2D eigenvalue weighted by Gasteiger charge is -2.59. The smallest absolute Gasteiger partial charge is 0.174 e. The van der Waals surface area contributed by atoms with Crippen molar-refractivity contribution >= 4 is 5.78 Å². The second-order valence-electron chi connectivity index (χ2n) is 7.64. The number of hydrogen-bond donors (Lipinski definition) is 2. The number of likely N-dealkylation sites (tertiary alicyclic amines) is 1. The van der Waals surface area contributed by atoms with Crippen LogP contribution in [0, 0.1) is 0 Å². The van der Waals surface area contributed by atoms with Crippen LogP contribution in [0.15, 0.2) is 24.8 Å². The lowest BCUT2D eigenvalue weighted by Crippen LogP contribution is -2.73. The van der Waals surface area contributed by atoms with E-state index in [1.54, 1.807) is 6.07 Å². The van der Waals surface area contributed by atoms with Gasteiger partial charge in [0.15, 0.2) is 23.4 Å². The number of fused-ring (bicyclic) bond motifs is 1. The molecule has 5 heteroatoms. The number of ether oxygens (including phenoxy) is 1. The normalized spacial score (nSPS) is 35.8. The molecule has 0 aromatic heterocycles. The Morgan fingerprint density at radius 2 is 2.28 bits per heavy atom. The molecule has 1 spiro atoms. The number of Topliss-reactive ketones (excluding diaryl/α,β-unsaturated/α-hetero) is 1. The summed E-state index contributed by atoms with van der Waals surface area (Å²) < 4.78 is 6.02. The van der Waals surface area contributed by atoms with Crippen molar-refractivity contribution in [2.75, 3.05) is 13.1 Å². The summed E-state index contributed by atoms with van der Waals surface area (Å²) in [6.07, 6.45) is 2.73. The maximum atomic E-state index is 12.7. The zero-order valence-electron chi connectivity index (χ0n) is 14.8. The Labute approximate surface area is 147 Å². The summed E-state index contributed by atoms with van der Waals surface area (Å²) in [5.74, 6) is 0.409. The number of nitrogens with zero attached hydrogens (tertiary/aromatic N) is 1. The minimum atomic E-state index is -1.13. The summed E-state index contributed by atoms with van der Waals surface area (Å²) in [5, 5.41) is 22.0. The summed E-state index contributed by atoms with van der Waals surface area (Å²) in [6.45, 7) is 8.94. The van der Waals surface area contributed by atoms with E-state index in [1.165, 1.54) is 0 Å². The fourth-order valence-corrected chi connectivity index (χ4v) is 5.34. The van der Waals surface area contributed by atoms with Gasteiger partial charge in [0, 0.05) is 31.1 Å². The van der Waals surface area contributed by atoms with Gasteiger partial charge in [0.05, 0.1) is 11.0 Å². The number of rotatable bonds is 4. The standard InChI is InChI=1S/C20H25NO4/c1-4-9-21-10-8-20-16-12(11-15(21)19(20,3)24)6-7-14(23)17(16)25-18(20)13(22)5-2/h4,6-7,15,18,23-24H,1,5,8-11H2,2-3H3. The van der Waals surface area contributed by atoms with Crippen molar-refractivity contribution in [3.8, 4) is 11.5 Å². The van der Waals surface area contributed by atoms with E-state index in [0.717, 1.165) is 17.7 Å². The summed E-state index contributed by atoms with van der Waals surface area (Å²) in [7, 11) is 0. The van der Waals surface area contributed by atoms with E-state index in [4.69, 9.17) is 4.74 Å². The highest BCUT2D eigenvalue weighted by Gasteiger charge is 2.69. The van der Waals surface area contributed by atoms with Gasteiger partial charge in [-0.1, -0.05) is 19.1 Å². The molecule has 25 heavy (non-hydrogen) atoms. The van der Waals surface area contributed by atoms with Crippen molar-refractivity contribution in [2.24, 2.45) is 0 Å². The first-order chi connectivity index (χ1) is 11.9. The number of hydrogen-bond acceptors (Lipinski definition) is 5. The second-order valence-corrected chi connectivity index (χ2v) is 7.64. The first-order valence-corrected chi connectivity index (χ1v) is 9.00. The third-order valence-corrected chi connectivity index (χ3v) is 6.56. The van der Waals surface area contributed by atoms with Gasteiger partial charge >= 0.3 is 0 Å². The monoisotopic (exact) mass is 343 g/mol. The van der Waals surface area contributed by atoms with Crippen molar-refractivity contribution < 1.29 is 19.7 Å². The maximum absolute atomic E-state index is 12.7. The molecular formula is C20H25NO4. The van der Waals surface area contributed by atoms with Gasteiger partial charge < -0.3 is 14.9 Å². The molecule has 1 aromatic rings. The number of carbonyl (C=O) groups excluding carboxylic acids is 1. The van der Waals surface area contributed by atoms with E-state index in [-0.39, 0.29) is 17.6 Å². The van der Waals surface area contributed by atoms with Crippen molar-refractivity contribution in [1.29, 1.82) is 0 Å². The van der Waals surface area contributed by atoms with Crippen LogP contribution < -0.4 is 4.74 Å². The predicted molar refractivity (Wildman–Crippen MR) is 94.0 cm³/mol. The van der Waals surface area contributed by atoms with Gasteiger partial charge in [-0.2, -0.15) is 0 Å². The van der Waals surface area contributed by atoms with Crippen LogP contribution in [0.5, 0.6) is 11.5 Å². The molecule has 1 fully saturated rings. The zero-order chi connectivity index (χ0) is 18.0. The summed E-state index contributed by atoms with van der Waals surface area (Å²) in [5.41, 5.74) is -0.0248. The highest BCUT2D eigenvalue weighted by molar-refractivity contribution is 5.88. The van der Waals surface area contributed by atoms with Crippen LogP contribution >= 0.6 is 0 Å². The molecule has 2 heterocycles. The Hall–Kier alpha value is -1.85. The van der Waals surface area contributed by atoms with E-state index in [9.17, 15) is 15.0 Å². The first-order valence-electron chi connectivity index (χ1n) is 9.00. The van der Waals surface area contributed by atoms with Crippen LogP contribution in [-0.4, -0.2) is 51.7 Å². The minimum absolute atomic E-state index is 0.0281. The largest absolute Gasteiger partial charge is 0.504 e. The number of ketones is 1. The number of phenols is 1. The lowest BCUT2D eigenvalue weighted by molar-refractivity contribution is -0.162. The van der Waals surface area contributed by atoms with Gasteiger partial charge in [0.2, 0.25) is 0 Å². The van der Waals surface area contributed by atoms with Gasteiger partial charge in [0.25, 0.3) is 0 Å². The van der Waals surface area contributed by atoms with Gasteiger partial charge in [-0.25, -0.2) is 0 Å². The minimum Gasteiger partial charge on any atom is -0.504 e. The highest BCUT2D eigenvalue weighted by Crippen LogP contribution is 2.61. The first kappa shape index (κ1) is 16.6. The van der Waals surface area contributed by atoms with Crippen molar-refractivity contribution in [3.05, 3.63) is 35.9 Å². The Kier molecular flexibility index (Phi) is 3.54. The van der Waals surface area contributed by atoms with Gasteiger partial charge in [0.1, 0.15) is 0 Å². The van der Waals surface area contributed by atoms with E-state index in [0.29, 0.717) is 31.6 Å². The molecule has 1 aromatic carbocycles. The highest BCUT2D eigenvalue weighted by atomic mass is 16.5. The van der Waals surface area contributed by atoms with Crippen LogP contribution in [0.25, 0.3) is 0 Å². The molecule has 1 aliphatic carbocycles. The van der Waals surface area contributed by atoms with Crippen LogP contribution in [0.3, 0.4) is 0 Å². The molecule has 3 aliphatic rings. The fourth-order valence-electron chi connectivity index (χ4n) is 5.34. The van der Waals surface area contributed by atoms with Gasteiger partial charge in [-0.05, 0) is 31.4 Å². The summed E-state index contributed by atoms with van der Waals surface area (Å²) in [4.78, 5) is 15.0. The van der Waals surface area contributed by atoms with Crippen LogP contribution in [0.2, 0.25) is 0 Å². The zero-order valence-corrected chi connectivity index (χ0v) is 14.8. The van der Waals surface area contributed by atoms with Crippen LogP contribution in [0.4, 0.5) is 0 Å². The topological polar surface area (TPSA) is 70.0 Å². The number of carbonyl (C=O) groups is 1. The Morgan fingerprint density at radius 1 is 1.52 bits per heavy atom. The number of aliphatic hydroxyl groups is 1. The Morgan fingerprint density at radius 3 is 2.96 bits per heavy atom. The molecule has 1 saturated heterocycles. The van der Waals surface area contributed by atoms with Crippen molar-refractivity contribution in [2.45, 2.75) is 56.3 Å². The fraction of sp³-hybridized carbons (Fsp3) is 0.550. The molecule has 2 N–H and O–H groups in total. The summed E-state index contributed by atoms with van der Waals surface area (Å²) in [6, 6.07) is 3.43. The quantitative estimate of drug-likeness (QED) is 0.818. The summed E-state index contributed by atoms with van der Waals surface area (Å²) >= 11 is 0. The Bertz CT molecular complexity index is 756.